The number of piperidine rings is 1. The SMILES string of the molecule is C=CCNC(=O)[C@H](NC(=O)c1cccc(OC)c1)C1CCN(C(=O)c2ccccc2F)CC1. The van der Waals surface area contributed by atoms with E-state index in [4.69, 9.17) is 4.74 Å². The molecule has 3 amide bonds. The Labute approximate surface area is 192 Å². The fourth-order valence-electron chi connectivity index (χ4n) is 3.91. The van der Waals surface area contributed by atoms with E-state index in [0.29, 0.717) is 37.2 Å². The number of ether oxygens (including phenoxy) is 1. The smallest absolute Gasteiger partial charge is 0.256 e. The summed E-state index contributed by atoms with van der Waals surface area (Å²) in [6.07, 6.45) is 2.55. The van der Waals surface area contributed by atoms with Gasteiger partial charge in [-0.05, 0) is 49.1 Å². The van der Waals surface area contributed by atoms with Crippen molar-refractivity contribution in [3.8, 4) is 5.75 Å². The second kappa shape index (κ2) is 11.3. The van der Waals surface area contributed by atoms with Crippen LogP contribution >= 0.6 is 0 Å². The minimum Gasteiger partial charge on any atom is -0.497 e. The first kappa shape index (κ1) is 24.0. The Morgan fingerprint density at radius 1 is 1.18 bits per heavy atom. The number of rotatable bonds is 8. The molecule has 0 aliphatic carbocycles. The van der Waals surface area contributed by atoms with Gasteiger partial charge in [-0.25, -0.2) is 4.39 Å². The summed E-state index contributed by atoms with van der Waals surface area (Å²) in [5.41, 5.74) is 0.408. The highest BCUT2D eigenvalue weighted by atomic mass is 19.1. The summed E-state index contributed by atoms with van der Waals surface area (Å²) >= 11 is 0. The maximum Gasteiger partial charge on any atom is 0.256 e. The standard InChI is InChI=1S/C25H28FN3O4/c1-3-13-27-24(31)22(28-23(30)18-7-6-8-19(16-18)33-2)17-11-14-29(15-12-17)25(32)20-9-4-5-10-21(20)26/h3-10,16-17,22H,1,11-15H2,2H3,(H,27,31)(H,28,30)/t22-/m1/s1. The Kier molecular flexibility index (Phi) is 8.18. The van der Waals surface area contributed by atoms with Crippen LogP contribution in [0.1, 0.15) is 33.6 Å². The van der Waals surface area contributed by atoms with Gasteiger partial charge in [0.2, 0.25) is 5.91 Å². The zero-order valence-corrected chi connectivity index (χ0v) is 18.6. The molecule has 1 heterocycles. The Morgan fingerprint density at radius 3 is 2.58 bits per heavy atom. The topological polar surface area (TPSA) is 87.7 Å². The zero-order chi connectivity index (χ0) is 23.8. The predicted octanol–water partition coefficient (Wildman–Crippen LogP) is 2.79. The predicted molar refractivity (Wildman–Crippen MR) is 122 cm³/mol. The molecule has 0 unspecified atom stereocenters. The van der Waals surface area contributed by atoms with Crippen molar-refractivity contribution in [2.45, 2.75) is 18.9 Å². The van der Waals surface area contributed by atoms with Gasteiger partial charge in [0.1, 0.15) is 17.6 Å². The van der Waals surface area contributed by atoms with Gasteiger partial charge in [-0.3, -0.25) is 14.4 Å². The molecular formula is C25H28FN3O4. The van der Waals surface area contributed by atoms with Crippen molar-refractivity contribution >= 4 is 17.7 Å². The molecule has 3 rings (SSSR count). The molecule has 33 heavy (non-hydrogen) atoms. The van der Waals surface area contributed by atoms with Crippen molar-refractivity contribution in [2.75, 3.05) is 26.7 Å². The molecule has 1 atom stereocenters. The highest BCUT2D eigenvalue weighted by Gasteiger charge is 2.34. The second-order valence-corrected chi connectivity index (χ2v) is 7.83. The lowest BCUT2D eigenvalue weighted by Gasteiger charge is -2.36. The molecule has 2 aromatic carbocycles. The average molecular weight is 454 g/mol. The van der Waals surface area contributed by atoms with Gasteiger partial charge in [-0.1, -0.05) is 24.3 Å². The van der Waals surface area contributed by atoms with Gasteiger partial charge >= 0.3 is 0 Å². The second-order valence-electron chi connectivity index (χ2n) is 7.83. The summed E-state index contributed by atoms with van der Waals surface area (Å²) in [4.78, 5) is 40.0. The Morgan fingerprint density at radius 2 is 1.91 bits per heavy atom. The Balaban J connectivity index is 1.70. The molecule has 0 spiro atoms. The quantitative estimate of drug-likeness (QED) is 0.602. The van der Waals surface area contributed by atoms with Crippen LogP contribution < -0.4 is 15.4 Å². The van der Waals surface area contributed by atoms with Crippen LogP contribution in [0.4, 0.5) is 4.39 Å². The maximum atomic E-state index is 14.0. The number of benzene rings is 2. The first-order chi connectivity index (χ1) is 15.9. The average Bonchev–Trinajstić information content (AvgIpc) is 2.85. The summed E-state index contributed by atoms with van der Waals surface area (Å²) in [6, 6.07) is 11.8. The number of hydrogen-bond acceptors (Lipinski definition) is 4. The highest BCUT2D eigenvalue weighted by Crippen LogP contribution is 2.24. The van der Waals surface area contributed by atoms with E-state index in [1.165, 1.54) is 25.3 Å². The van der Waals surface area contributed by atoms with Crippen LogP contribution in [0.5, 0.6) is 5.75 Å². The first-order valence-corrected chi connectivity index (χ1v) is 10.8. The third-order valence-electron chi connectivity index (χ3n) is 5.72. The van der Waals surface area contributed by atoms with E-state index in [2.05, 4.69) is 17.2 Å². The van der Waals surface area contributed by atoms with Gasteiger partial charge in [-0.2, -0.15) is 0 Å². The van der Waals surface area contributed by atoms with Crippen LogP contribution in [0, 0.1) is 11.7 Å². The van der Waals surface area contributed by atoms with Crippen molar-refractivity contribution in [1.29, 1.82) is 0 Å². The molecule has 8 heteroatoms. The van der Waals surface area contributed by atoms with Crippen molar-refractivity contribution in [2.24, 2.45) is 5.92 Å². The van der Waals surface area contributed by atoms with E-state index >= 15 is 0 Å². The lowest BCUT2D eigenvalue weighted by molar-refractivity contribution is -0.124. The number of carbonyl (C=O) groups excluding carboxylic acids is 3. The number of nitrogens with zero attached hydrogens (tertiary/aromatic N) is 1. The summed E-state index contributed by atoms with van der Waals surface area (Å²) < 4.78 is 19.2. The van der Waals surface area contributed by atoms with Crippen molar-refractivity contribution in [3.05, 3.63) is 78.1 Å². The molecule has 2 N–H and O–H groups in total. The van der Waals surface area contributed by atoms with Crippen LogP contribution in [0.25, 0.3) is 0 Å². The summed E-state index contributed by atoms with van der Waals surface area (Å²) in [5.74, 6) is -1.29. The summed E-state index contributed by atoms with van der Waals surface area (Å²) in [6.45, 7) is 4.60. The monoisotopic (exact) mass is 453 g/mol. The molecule has 0 bridgehead atoms. The largest absolute Gasteiger partial charge is 0.497 e. The van der Waals surface area contributed by atoms with Gasteiger partial charge in [-0.15, -0.1) is 6.58 Å². The number of nitrogens with one attached hydrogen (secondary N) is 2. The number of likely N-dealkylation sites (tertiary alicyclic amines) is 1. The van der Waals surface area contributed by atoms with E-state index < -0.39 is 17.8 Å². The molecule has 1 fully saturated rings. The molecule has 0 aromatic heterocycles. The van der Waals surface area contributed by atoms with Gasteiger partial charge < -0.3 is 20.3 Å². The third-order valence-corrected chi connectivity index (χ3v) is 5.72. The molecular weight excluding hydrogens is 425 g/mol. The van der Waals surface area contributed by atoms with Gasteiger partial charge in [0, 0.05) is 25.2 Å². The van der Waals surface area contributed by atoms with Crippen LogP contribution in [0.2, 0.25) is 0 Å². The van der Waals surface area contributed by atoms with Gasteiger partial charge in [0.15, 0.2) is 0 Å². The van der Waals surface area contributed by atoms with Gasteiger partial charge in [0.25, 0.3) is 11.8 Å². The van der Waals surface area contributed by atoms with E-state index in [1.54, 1.807) is 41.3 Å². The first-order valence-electron chi connectivity index (χ1n) is 10.8. The molecule has 1 saturated heterocycles. The number of methoxy groups -OCH3 is 1. The highest BCUT2D eigenvalue weighted by molar-refractivity contribution is 5.98. The van der Waals surface area contributed by atoms with E-state index in [1.807, 2.05) is 0 Å². The number of halogens is 1. The van der Waals surface area contributed by atoms with E-state index in [-0.39, 0.29) is 29.8 Å². The van der Waals surface area contributed by atoms with Gasteiger partial charge in [0.05, 0.1) is 12.7 Å². The molecule has 0 saturated carbocycles. The summed E-state index contributed by atoms with van der Waals surface area (Å²) in [5, 5.41) is 5.59. The summed E-state index contributed by atoms with van der Waals surface area (Å²) in [7, 11) is 1.51. The lowest BCUT2D eigenvalue weighted by Crippen LogP contribution is -2.53. The van der Waals surface area contributed by atoms with E-state index in [9.17, 15) is 18.8 Å². The van der Waals surface area contributed by atoms with Crippen LogP contribution in [0.3, 0.4) is 0 Å². The Hall–Kier alpha value is -3.68. The molecule has 174 valence electrons. The van der Waals surface area contributed by atoms with Crippen LogP contribution in [-0.4, -0.2) is 55.4 Å². The zero-order valence-electron chi connectivity index (χ0n) is 18.6. The molecule has 1 aliphatic heterocycles. The van der Waals surface area contributed by atoms with Crippen LogP contribution in [0.15, 0.2) is 61.2 Å². The molecule has 2 aromatic rings. The third kappa shape index (κ3) is 5.97. The van der Waals surface area contributed by atoms with Crippen LogP contribution in [-0.2, 0) is 4.79 Å². The normalized spacial score (nSPS) is 14.8. The van der Waals surface area contributed by atoms with E-state index in [0.717, 1.165) is 0 Å². The molecule has 0 radical (unpaired) electrons. The fraction of sp³-hybridized carbons (Fsp3) is 0.320. The van der Waals surface area contributed by atoms with Crippen molar-refractivity contribution in [3.63, 3.8) is 0 Å². The lowest BCUT2D eigenvalue weighted by atomic mass is 9.88. The molecule has 7 nitrogen and oxygen atoms in total. The van der Waals surface area contributed by atoms with Crippen molar-refractivity contribution < 1.29 is 23.5 Å². The minimum absolute atomic E-state index is 0.0301. The number of carbonyl (C=O) groups is 3. The minimum atomic E-state index is -0.783. The fourth-order valence-corrected chi connectivity index (χ4v) is 3.91. The Bertz CT molecular complexity index is 1020. The van der Waals surface area contributed by atoms with Crippen molar-refractivity contribution in [1.82, 2.24) is 15.5 Å². The number of hydrogen-bond donors (Lipinski definition) is 2. The molecule has 1 aliphatic rings. The number of amides is 3. The maximum absolute atomic E-state index is 14.0.